The summed E-state index contributed by atoms with van der Waals surface area (Å²) in [6.45, 7) is 2.02. The molecule has 0 amide bonds. The van der Waals surface area contributed by atoms with E-state index in [0.717, 1.165) is 22.0 Å². The third-order valence-corrected chi connectivity index (χ3v) is 4.54. The van der Waals surface area contributed by atoms with E-state index in [1.54, 1.807) is 0 Å². The zero-order valence-electron chi connectivity index (χ0n) is 11.4. The summed E-state index contributed by atoms with van der Waals surface area (Å²) in [4.78, 5) is 4.64. The second-order valence-corrected chi connectivity index (χ2v) is 6.22. The molecule has 3 aromatic rings. The number of aryl methyl sites for hydroxylation is 1. The van der Waals surface area contributed by atoms with E-state index in [-0.39, 0.29) is 5.75 Å². The highest BCUT2D eigenvalue weighted by molar-refractivity contribution is 9.10. The van der Waals surface area contributed by atoms with Gasteiger partial charge in [-0.25, -0.2) is 4.98 Å². The van der Waals surface area contributed by atoms with Gasteiger partial charge < -0.3 is 5.11 Å². The van der Waals surface area contributed by atoms with Crippen LogP contribution in [0.15, 0.2) is 46.9 Å². The zero-order valence-corrected chi connectivity index (χ0v) is 13.7. The van der Waals surface area contributed by atoms with Crippen LogP contribution in [0.2, 0.25) is 5.02 Å². The largest absolute Gasteiger partial charge is 0.505 e. The minimum Gasteiger partial charge on any atom is -0.505 e. The van der Waals surface area contributed by atoms with Gasteiger partial charge in [-0.1, -0.05) is 41.9 Å². The number of hydrogen-bond acceptors (Lipinski definition) is 2. The van der Waals surface area contributed by atoms with E-state index in [0.29, 0.717) is 21.6 Å². The number of para-hydroxylation sites is 1. The van der Waals surface area contributed by atoms with Gasteiger partial charge in [-0.05, 0) is 46.1 Å². The maximum atomic E-state index is 10.4. The lowest BCUT2D eigenvalue weighted by molar-refractivity contribution is 0.463. The number of halogens is 2. The third-order valence-electron chi connectivity index (χ3n) is 3.49. The predicted molar refractivity (Wildman–Crippen MR) is 90.1 cm³/mol. The Balaban J connectivity index is 2.12. The number of nitrogens with zero attached hydrogens (tertiary/aromatic N) is 1. The summed E-state index contributed by atoms with van der Waals surface area (Å²) in [5, 5.41) is 12.0. The minimum absolute atomic E-state index is 0.197. The molecule has 106 valence electrons. The molecular formula is C17H13BrClNO. The summed E-state index contributed by atoms with van der Waals surface area (Å²) in [5.41, 5.74) is 3.71. The van der Waals surface area contributed by atoms with Crippen molar-refractivity contribution in [2.75, 3.05) is 0 Å². The van der Waals surface area contributed by atoms with Crippen LogP contribution < -0.4 is 0 Å². The number of aromatic hydroxyl groups is 1. The average molecular weight is 363 g/mol. The number of hydrogen-bond donors (Lipinski definition) is 1. The van der Waals surface area contributed by atoms with E-state index in [9.17, 15) is 5.11 Å². The Labute approximate surface area is 136 Å². The van der Waals surface area contributed by atoms with Crippen LogP contribution in [-0.4, -0.2) is 10.1 Å². The van der Waals surface area contributed by atoms with Crippen molar-refractivity contribution in [2.45, 2.75) is 13.3 Å². The number of fused-ring (bicyclic) bond motifs is 1. The molecule has 1 aromatic heterocycles. The predicted octanol–water partition coefficient (Wildman–Crippen LogP) is 5.26. The van der Waals surface area contributed by atoms with Crippen LogP contribution in [-0.2, 0) is 6.42 Å². The smallest absolute Gasteiger partial charge is 0.152 e. The molecule has 2 aromatic carbocycles. The first-order valence-corrected chi connectivity index (χ1v) is 7.74. The Morgan fingerprint density at radius 2 is 1.86 bits per heavy atom. The average Bonchev–Trinajstić information content (AvgIpc) is 2.48. The van der Waals surface area contributed by atoms with E-state index in [1.807, 2.05) is 49.4 Å². The van der Waals surface area contributed by atoms with Crippen molar-refractivity contribution in [3.05, 3.63) is 68.8 Å². The molecule has 0 spiro atoms. The second-order valence-electron chi connectivity index (χ2n) is 5.00. The molecule has 0 saturated carbocycles. The van der Waals surface area contributed by atoms with Gasteiger partial charge in [0, 0.05) is 16.8 Å². The van der Waals surface area contributed by atoms with Gasteiger partial charge in [0.25, 0.3) is 0 Å². The lowest BCUT2D eigenvalue weighted by Gasteiger charge is -2.11. The van der Waals surface area contributed by atoms with Gasteiger partial charge in [0.2, 0.25) is 0 Å². The highest BCUT2D eigenvalue weighted by Crippen LogP contribution is 2.35. The molecule has 0 unspecified atom stereocenters. The lowest BCUT2D eigenvalue weighted by atomic mass is 10.1. The van der Waals surface area contributed by atoms with Crippen molar-refractivity contribution in [3.63, 3.8) is 0 Å². The maximum Gasteiger partial charge on any atom is 0.152 e. The first-order chi connectivity index (χ1) is 10.1. The molecule has 2 nitrogen and oxygen atoms in total. The highest BCUT2D eigenvalue weighted by atomic mass is 79.9. The molecule has 0 aliphatic rings. The fourth-order valence-electron chi connectivity index (χ4n) is 2.35. The fourth-order valence-corrected chi connectivity index (χ4v) is 3.02. The van der Waals surface area contributed by atoms with Crippen molar-refractivity contribution in [1.29, 1.82) is 0 Å². The molecule has 0 aliphatic carbocycles. The standard InChI is InChI=1S/C17H13BrClNO/c1-10-3-2-4-13-15(18)17(21)14(20-16(10)13)9-11-5-7-12(19)8-6-11/h2-8,21H,9H2,1H3. The second kappa shape index (κ2) is 5.66. The molecule has 4 heteroatoms. The normalized spacial score (nSPS) is 11.0. The molecular weight excluding hydrogens is 350 g/mol. The van der Waals surface area contributed by atoms with Gasteiger partial charge >= 0.3 is 0 Å². The third kappa shape index (κ3) is 2.76. The summed E-state index contributed by atoms with van der Waals surface area (Å²) in [6.07, 6.45) is 0.561. The van der Waals surface area contributed by atoms with Gasteiger partial charge in [0.15, 0.2) is 5.75 Å². The van der Waals surface area contributed by atoms with Crippen LogP contribution in [0, 0.1) is 6.92 Å². The van der Waals surface area contributed by atoms with Crippen LogP contribution >= 0.6 is 27.5 Å². The van der Waals surface area contributed by atoms with Crippen molar-refractivity contribution in [3.8, 4) is 5.75 Å². The topological polar surface area (TPSA) is 33.1 Å². The quantitative estimate of drug-likeness (QED) is 0.675. The van der Waals surface area contributed by atoms with Gasteiger partial charge in [0.05, 0.1) is 15.7 Å². The van der Waals surface area contributed by atoms with Gasteiger partial charge in [0.1, 0.15) is 0 Å². The van der Waals surface area contributed by atoms with E-state index in [2.05, 4.69) is 20.9 Å². The van der Waals surface area contributed by atoms with Crippen LogP contribution in [0.1, 0.15) is 16.8 Å². The van der Waals surface area contributed by atoms with Crippen molar-refractivity contribution in [1.82, 2.24) is 4.98 Å². The molecule has 0 saturated heterocycles. The number of rotatable bonds is 2. The SMILES string of the molecule is Cc1cccc2c(Br)c(O)c(Cc3ccc(Cl)cc3)nc12. The van der Waals surface area contributed by atoms with Crippen LogP contribution in [0.25, 0.3) is 10.9 Å². The van der Waals surface area contributed by atoms with Crippen LogP contribution in [0.3, 0.4) is 0 Å². The summed E-state index contributed by atoms with van der Waals surface area (Å²) in [5.74, 6) is 0.197. The molecule has 3 rings (SSSR count). The van der Waals surface area contributed by atoms with Gasteiger partial charge in [-0.15, -0.1) is 0 Å². The molecule has 0 atom stereocenters. The van der Waals surface area contributed by atoms with Crippen molar-refractivity contribution >= 4 is 38.4 Å². The first kappa shape index (κ1) is 14.4. The Hall–Kier alpha value is -1.58. The van der Waals surface area contributed by atoms with Gasteiger partial charge in [-0.3, -0.25) is 0 Å². The minimum atomic E-state index is 0.197. The molecule has 0 bridgehead atoms. The molecule has 1 heterocycles. The first-order valence-electron chi connectivity index (χ1n) is 6.57. The van der Waals surface area contributed by atoms with Gasteiger partial charge in [-0.2, -0.15) is 0 Å². The van der Waals surface area contributed by atoms with E-state index in [4.69, 9.17) is 11.6 Å². The number of benzene rings is 2. The summed E-state index contributed by atoms with van der Waals surface area (Å²) >= 11 is 9.38. The molecule has 0 radical (unpaired) electrons. The Morgan fingerprint density at radius 1 is 1.14 bits per heavy atom. The number of aromatic nitrogens is 1. The Morgan fingerprint density at radius 3 is 2.57 bits per heavy atom. The van der Waals surface area contributed by atoms with Crippen molar-refractivity contribution < 1.29 is 5.11 Å². The molecule has 1 N–H and O–H groups in total. The lowest BCUT2D eigenvalue weighted by Crippen LogP contribution is -1.96. The molecule has 0 fully saturated rings. The Bertz CT molecular complexity index is 815. The van der Waals surface area contributed by atoms with Crippen molar-refractivity contribution in [2.24, 2.45) is 0 Å². The fraction of sp³-hybridized carbons (Fsp3) is 0.118. The summed E-state index contributed by atoms with van der Waals surface area (Å²) < 4.78 is 0.695. The molecule has 0 aliphatic heterocycles. The maximum absolute atomic E-state index is 10.4. The monoisotopic (exact) mass is 361 g/mol. The number of pyridine rings is 1. The highest BCUT2D eigenvalue weighted by Gasteiger charge is 2.13. The zero-order chi connectivity index (χ0) is 15.0. The molecule has 21 heavy (non-hydrogen) atoms. The summed E-state index contributed by atoms with van der Waals surface area (Å²) in [6, 6.07) is 13.5. The van der Waals surface area contributed by atoms with Crippen LogP contribution in [0.4, 0.5) is 0 Å². The van der Waals surface area contributed by atoms with E-state index in [1.165, 1.54) is 0 Å². The van der Waals surface area contributed by atoms with Crippen LogP contribution in [0.5, 0.6) is 5.75 Å². The van der Waals surface area contributed by atoms with E-state index >= 15 is 0 Å². The summed E-state index contributed by atoms with van der Waals surface area (Å²) in [7, 11) is 0. The Kier molecular flexibility index (Phi) is 3.87. The van der Waals surface area contributed by atoms with E-state index < -0.39 is 0 Å².